The molecule has 29 heavy (non-hydrogen) atoms. The first-order valence-electron chi connectivity index (χ1n) is 9.30. The SMILES string of the molecule is NC(c1cccnc1)c1ncc2c3c(cccc13)C(=O)N2C1CCC(=O)NC1=O. The topological polar surface area (TPSA) is 118 Å². The van der Waals surface area contributed by atoms with Crippen LogP contribution < -0.4 is 16.0 Å². The first-order chi connectivity index (χ1) is 14.1. The quantitative estimate of drug-likeness (QED) is 0.657. The third-order valence-electron chi connectivity index (χ3n) is 5.49. The minimum Gasteiger partial charge on any atom is -0.319 e. The van der Waals surface area contributed by atoms with Gasteiger partial charge in [0.15, 0.2) is 0 Å². The Morgan fingerprint density at radius 1 is 1.14 bits per heavy atom. The Hall–Kier alpha value is -3.65. The smallest absolute Gasteiger partial charge is 0.259 e. The standard InChI is InChI=1S/C21H17N5O3/c22-18(11-3-2-8-23-9-11)19-12-4-1-5-13-17(12)15(10-24-19)26(21(13)29)14-6-7-16(27)25-20(14)28/h1-5,8-10,14,18H,6-7,22H2,(H,25,27,28). The zero-order chi connectivity index (χ0) is 20.1. The highest BCUT2D eigenvalue weighted by molar-refractivity contribution is 6.27. The molecule has 2 unspecified atom stereocenters. The van der Waals surface area contributed by atoms with Gasteiger partial charge in [-0.05, 0) is 24.1 Å². The molecule has 3 aromatic rings. The summed E-state index contributed by atoms with van der Waals surface area (Å²) in [5.74, 6) is -1.06. The number of aromatic nitrogens is 2. The van der Waals surface area contributed by atoms with Gasteiger partial charge in [0.25, 0.3) is 5.91 Å². The molecule has 3 amide bonds. The lowest BCUT2D eigenvalue weighted by Crippen LogP contribution is -2.53. The summed E-state index contributed by atoms with van der Waals surface area (Å²) in [4.78, 5) is 47.2. The van der Waals surface area contributed by atoms with E-state index in [4.69, 9.17) is 5.73 Å². The fraction of sp³-hybridized carbons (Fsp3) is 0.190. The largest absolute Gasteiger partial charge is 0.319 e. The van der Waals surface area contributed by atoms with Crippen molar-refractivity contribution >= 4 is 34.2 Å². The first kappa shape index (κ1) is 17.4. The molecule has 5 rings (SSSR count). The molecule has 2 aliphatic heterocycles. The zero-order valence-electron chi connectivity index (χ0n) is 15.3. The minimum atomic E-state index is -0.740. The van der Waals surface area contributed by atoms with E-state index in [0.29, 0.717) is 16.9 Å². The average Bonchev–Trinajstić information content (AvgIpc) is 3.02. The van der Waals surface area contributed by atoms with E-state index in [1.54, 1.807) is 30.7 Å². The van der Waals surface area contributed by atoms with Crippen LogP contribution in [0.25, 0.3) is 10.8 Å². The van der Waals surface area contributed by atoms with Crippen LogP contribution in [0.3, 0.4) is 0 Å². The van der Waals surface area contributed by atoms with Gasteiger partial charge in [0, 0.05) is 35.2 Å². The summed E-state index contributed by atoms with van der Waals surface area (Å²) < 4.78 is 0. The molecule has 4 heterocycles. The van der Waals surface area contributed by atoms with E-state index in [1.807, 2.05) is 18.2 Å². The van der Waals surface area contributed by atoms with Gasteiger partial charge in [0.2, 0.25) is 11.8 Å². The summed E-state index contributed by atoms with van der Waals surface area (Å²) in [6.45, 7) is 0. The number of nitrogens with one attached hydrogen (secondary N) is 1. The van der Waals surface area contributed by atoms with Gasteiger partial charge in [0.05, 0.1) is 23.6 Å². The van der Waals surface area contributed by atoms with Crippen LogP contribution in [-0.4, -0.2) is 33.7 Å². The third-order valence-corrected chi connectivity index (χ3v) is 5.49. The van der Waals surface area contributed by atoms with E-state index in [0.717, 1.165) is 16.3 Å². The maximum absolute atomic E-state index is 13.1. The normalized spacial score (nSPS) is 19.6. The van der Waals surface area contributed by atoms with Gasteiger partial charge < -0.3 is 5.73 Å². The lowest BCUT2D eigenvalue weighted by atomic mass is 9.98. The number of nitrogens with zero attached hydrogens (tertiary/aromatic N) is 3. The van der Waals surface area contributed by atoms with Crippen molar-refractivity contribution in [3.05, 3.63) is 65.7 Å². The molecule has 8 nitrogen and oxygen atoms in total. The van der Waals surface area contributed by atoms with Crippen molar-refractivity contribution in [2.75, 3.05) is 4.90 Å². The average molecular weight is 387 g/mol. The van der Waals surface area contributed by atoms with Gasteiger partial charge in [-0.3, -0.25) is 34.6 Å². The molecule has 2 atom stereocenters. The van der Waals surface area contributed by atoms with Gasteiger partial charge in [-0.15, -0.1) is 0 Å². The van der Waals surface area contributed by atoms with E-state index < -0.39 is 18.0 Å². The number of imide groups is 1. The number of nitrogens with two attached hydrogens (primary N) is 1. The molecule has 144 valence electrons. The van der Waals surface area contributed by atoms with Crippen molar-refractivity contribution in [2.24, 2.45) is 5.73 Å². The van der Waals surface area contributed by atoms with Crippen LogP contribution in [0.5, 0.6) is 0 Å². The summed E-state index contributed by atoms with van der Waals surface area (Å²) in [6.07, 6.45) is 5.43. The number of anilines is 1. The predicted octanol–water partition coefficient (Wildman–Crippen LogP) is 1.44. The molecule has 0 aliphatic carbocycles. The molecule has 0 bridgehead atoms. The summed E-state index contributed by atoms with van der Waals surface area (Å²) in [5.41, 5.74) is 8.97. The van der Waals surface area contributed by atoms with Gasteiger partial charge in [-0.1, -0.05) is 18.2 Å². The molecule has 3 N–H and O–H groups in total. The number of benzene rings is 1. The van der Waals surface area contributed by atoms with Crippen molar-refractivity contribution in [2.45, 2.75) is 24.9 Å². The number of carbonyl (C=O) groups excluding carboxylic acids is 3. The van der Waals surface area contributed by atoms with Crippen LogP contribution >= 0.6 is 0 Å². The number of amides is 3. The molecule has 0 radical (unpaired) electrons. The van der Waals surface area contributed by atoms with Crippen molar-refractivity contribution in [3.8, 4) is 0 Å². The molecule has 0 saturated carbocycles. The first-order valence-corrected chi connectivity index (χ1v) is 9.30. The van der Waals surface area contributed by atoms with Crippen LogP contribution in [0.15, 0.2) is 48.9 Å². The van der Waals surface area contributed by atoms with Crippen LogP contribution in [-0.2, 0) is 9.59 Å². The van der Waals surface area contributed by atoms with Gasteiger partial charge >= 0.3 is 0 Å². The highest BCUT2D eigenvalue weighted by Gasteiger charge is 2.41. The lowest BCUT2D eigenvalue weighted by molar-refractivity contribution is -0.134. The number of hydrogen-bond acceptors (Lipinski definition) is 6. The molecule has 2 aliphatic rings. The van der Waals surface area contributed by atoms with Crippen LogP contribution in [0.2, 0.25) is 0 Å². The predicted molar refractivity (Wildman–Crippen MR) is 105 cm³/mol. The van der Waals surface area contributed by atoms with Crippen molar-refractivity contribution < 1.29 is 14.4 Å². The summed E-state index contributed by atoms with van der Waals surface area (Å²) in [5, 5.41) is 3.81. The molecule has 8 heteroatoms. The number of carbonyl (C=O) groups is 3. The van der Waals surface area contributed by atoms with Crippen LogP contribution in [0.1, 0.15) is 40.5 Å². The van der Waals surface area contributed by atoms with E-state index in [1.165, 1.54) is 4.90 Å². The van der Waals surface area contributed by atoms with Gasteiger partial charge in [-0.2, -0.15) is 0 Å². The Kier molecular flexibility index (Phi) is 3.88. The Morgan fingerprint density at radius 2 is 2.00 bits per heavy atom. The number of piperidine rings is 1. The molecule has 1 fully saturated rings. The van der Waals surface area contributed by atoms with E-state index >= 15 is 0 Å². The Bertz CT molecular complexity index is 1180. The Morgan fingerprint density at radius 3 is 2.76 bits per heavy atom. The van der Waals surface area contributed by atoms with E-state index in [-0.39, 0.29) is 24.7 Å². The number of hydrogen-bond donors (Lipinski definition) is 2. The molecule has 0 spiro atoms. The maximum atomic E-state index is 13.1. The molecule has 2 aromatic heterocycles. The molecule has 1 aromatic carbocycles. The fourth-order valence-corrected chi connectivity index (χ4v) is 4.11. The Labute approximate surface area is 165 Å². The van der Waals surface area contributed by atoms with E-state index in [9.17, 15) is 14.4 Å². The summed E-state index contributed by atoms with van der Waals surface area (Å²) in [6, 6.07) is 7.84. The molecule has 1 saturated heterocycles. The van der Waals surface area contributed by atoms with E-state index in [2.05, 4.69) is 15.3 Å². The molecular weight excluding hydrogens is 370 g/mol. The van der Waals surface area contributed by atoms with Crippen LogP contribution in [0, 0.1) is 0 Å². The van der Waals surface area contributed by atoms with Gasteiger partial charge in [0.1, 0.15) is 6.04 Å². The number of pyridine rings is 2. The third kappa shape index (κ3) is 2.60. The van der Waals surface area contributed by atoms with Crippen molar-refractivity contribution in [1.82, 2.24) is 15.3 Å². The second-order valence-corrected chi connectivity index (χ2v) is 7.16. The maximum Gasteiger partial charge on any atom is 0.259 e. The summed E-state index contributed by atoms with van der Waals surface area (Å²) in [7, 11) is 0. The highest BCUT2D eigenvalue weighted by Crippen LogP contribution is 2.41. The minimum absolute atomic E-state index is 0.192. The van der Waals surface area contributed by atoms with Crippen LogP contribution in [0.4, 0.5) is 5.69 Å². The number of rotatable bonds is 3. The molecular formula is C21H17N5O3. The summed E-state index contributed by atoms with van der Waals surface area (Å²) >= 11 is 0. The second kappa shape index (κ2) is 6.46. The lowest BCUT2D eigenvalue weighted by Gasteiger charge is -2.30. The fourth-order valence-electron chi connectivity index (χ4n) is 4.11. The zero-order valence-corrected chi connectivity index (χ0v) is 15.3. The Balaban J connectivity index is 1.64. The second-order valence-electron chi connectivity index (χ2n) is 7.16. The van der Waals surface area contributed by atoms with Gasteiger partial charge in [-0.25, -0.2) is 0 Å². The van der Waals surface area contributed by atoms with Crippen molar-refractivity contribution in [1.29, 1.82) is 0 Å². The monoisotopic (exact) mass is 387 g/mol. The highest BCUT2D eigenvalue weighted by atomic mass is 16.2. The van der Waals surface area contributed by atoms with Crippen molar-refractivity contribution in [3.63, 3.8) is 0 Å².